The highest BCUT2D eigenvalue weighted by molar-refractivity contribution is 6.31. The minimum atomic E-state index is -0.170. The molecule has 0 spiro atoms. The van der Waals surface area contributed by atoms with Crippen LogP contribution in [-0.2, 0) is 11.3 Å². The number of hydrogen-bond donors (Lipinski definition) is 3. The largest absolute Gasteiger partial charge is 0.349 e. The Morgan fingerprint density at radius 2 is 1.79 bits per heavy atom. The summed E-state index contributed by atoms with van der Waals surface area (Å²) in [5.74, 6) is -0.253. The second kappa shape index (κ2) is 10.2. The van der Waals surface area contributed by atoms with Gasteiger partial charge in [-0.15, -0.1) is 0 Å². The lowest BCUT2D eigenvalue weighted by Crippen LogP contribution is -2.36. The van der Waals surface area contributed by atoms with Crippen LogP contribution in [0, 0.1) is 0 Å². The van der Waals surface area contributed by atoms with E-state index in [9.17, 15) is 9.59 Å². The zero-order chi connectivity index (χ0) is 19.8. The van der Waals surface area contributed by atoms with Crippen LogP contribution in [0.4, 0.5) is 5.69 Å². The first kappa shape index (κ1) is 20.4. The smallest absolute Gasteiger partial charge is 0.251 e. The van der Waals surface area contributed by atoms with E-state index < -0.39 is 0 Å². The van der Waals surface area contributed by atoms with Crippen LogP contribution in [0.3, 0.4) is 0 Å². The second-order valence-electron chi connectivity index (χ2n) is 7.13. The molecule has 28 heavy (non-hydrogen) atoms. The van der Waals surface area contributed by atoms with E-state index in [0.717, 1.165) is 18.4 Å². The monoisotopic (exact) mass is 399 g/mol. The highest BCUT2D eigenvalue weighted by atomic mass is 35.5. The SMILES string of the molecule is O=C(CNCc1ccccc1Cl)Nc1cccc(C(=O)NC2CCCCC2)c1. The van der Waals surface area contributed by atoms with Gasteiger partial charge in [-0.3, -0.25) is 9.59 Å². The van der Waals surface area contributed by atoms with Crippen molar-refractivity contribution in [2.24, 2.45) is 0 Å². The van der Waals surface area contributed by atoms with Crippen molar-refractivity contribution in [1.29, 1.82) is 0 Å². The predicted molar refractivity (Wildman–Crippen MR) is 113 cm³/mol. The van der Waals surface area contributed by atoms with Crippen molar-refractivity contribution in [3.8, 4) is 0 Å². The average molecular weight is 400 g/mol. The van der Waals surface area contributed by atoms with E-state index in [4.69, 9.17) is 11.6 Å². The maximum Gasteiger partial charge on any atom is 0.251 e. The standard InChI is InChI=1S/C22H26ClN3O2/c23-20-12-5-4-7-17(20)14-24-15-21(27)25-19-11-6-8-16(13-19)22(28)26-18-9-2-1-3-10-18/h4-8,11-13,18,24H,1-3,9-10,14-15H2,(H,25,27)(H,26,28). The number of nitrogens with one attached hydrogen (secondary N) is 3. The molecular weight excluding hydrogens is 374 g/mol. The molecule has 0 bridgehead atoms. The minimum Gasteiger partial charge on any atom is -0.349 e. The van der Waals surface area contributed by atoms with E-state index in [1.165, 1.54) is 19.3 Å². The summed E-state index contributed by atoms with van der Waals surface area (Å²) >= 11 is 6.11. The number of anilines is 1. The molecule has 0 aromatic heterocycles. The fourth-order valence-corrected chi connectivity index (χ4v) is 3.61. The molecule has 2 aromatic carbocycles. The summed E-state index contributed by atoms with van der Waals surface area (Å²) in [6, 6.07) is 14.8. The number of carbonyl (C=O) groups excluding carboxylic acids is 2. The molecule has 3 N–H and O–H groups in total. The molecule has 3 rings (SSSR count). The molecule has 1 aliphatic rings. The van der Waals surface area contributed by atoms with Gasteiger partial charge in [0.25, 0.3) is 5.91 Å². The van der Waals surface area contributed by atoms with Crippen LogP contribution in [0.5, 0.6) is 0 Å². The lowest BCUT2D eigenvalue weighted by atomic mass is 9.95. The molecular formula is C22H26ClN3O2. The Morgan fingerprint density at radius 3 is 2.57 bits per heavy atom. The van der Waals surface area contributed by atoms with Crippen molar-refractivity contribution < 1.29 is 9.59 Å². The topological polar surface area (TPSA) is 70.2 Å². The molecule has 6 heteroatoms. The van der Waals surface area contributed by atoms with E-state index in [2.05, 4.69) is 16.0 Å². The number of carbonyl (C=O) groups is 2. The van der Waals surface area contributed by atoms with Crippen molar-refractivity contribution in [2.45, 2.75) is 44.7 Å². The van der Waals surface area contributed by atoms with Crippen molar-refractivity contribution >= 4 is 29.1 Å². The highest BCUT2D eigenvalue weighted by Crippen LogP contribution is 2.18. The first-order chi connectivity index (χ1) is 13.6. The van der Waals surface area contributed by atoms with Crippen LogP contribution < -0.4 is 16.0 Å². The molecule has 1 aliphatic carbocycles. The van der Waals surface area contributed by atoms with Gasteiger partial charge in [0.15, 0.2) is 0 Å². The molecule has 0 radical (unpaired) electrons. The third kappa shape index (κ3) is 6.08. The normalized spacial score (nSPS) is 14.5. The lowest BCUT2D eigenvalue weighted by molar-refractivity contribution is -0.115. The van der Waals surface area contributed by atoms with E-state index >= 15 is 0 Å². The molecule has 1 saturated carbocycles. The fraction of sp³-hybridized carbons (Fsp3) is 0.364. The zero-order valence-corrected chi connectivity index (χ0v) is 16.6. The Labute approximate surface area is 170 Å². The van der Waals surface area contributed by atoms with E-state index in [-0.39, 0.29) is 24.4 Å². The number of halogens is 1. The summed E-state index contributed by atoms with van der Waals surface area (Å²) in [6.45, 7) is 0.667. The van der Waals surface area contributed by atoms with Crippen LogP contribution in [-0.4, -0.2) is 24.4 Å². The Balaban J connectivity index is 1.48. The van der Waals surface area contributed by atoms with Gasteiger partial charge < -0.3 is 16.0 Å². The Hall–Kier alpha value is -2.37. The van der Waals surface area contributed by atoms with Crippen LogP contribution in [0.1, 0.15) is 48.0 Å². The average Bonchev–Trinajstić information content (AvgIpc) is 2.70. The van der Waals surface area contributed by atoms with Gasteiger partial charge in [0.1, 0.15) is 0 Å². The maximum atomic E-state index is 12.5. The molecule has 2 amide bonds. The van der Waals surface area contributed by atoms with Gasteiger partial charge in [0, 0.05) is 28.9 Å². The molecule has 148 valence electrons. The molecule has 0 atom stereocenters. The lowest BCUT2D eigenvalue weighted by Gasteiger charge is -2.22. The number of rotatable bonds is 7. The van der Waals surface area contributed by atoms with Crippen molar-refractivity contribution in [3.63, 3.8) is 0 Å². The molecule has 1 fully saturated rings. The van der Waals surface area contributed by atoms with Crippen LogP contribution in [0.2, 0.25) is 5.02 Å². The van der Waals surface area contributed by atoms with Gasteiger partial charge in [-0.2, -0.15) is 0 Å². The quantitative estimate of drug-likeness (QED) is 0.655. The zero-order valence-electron chi connectivity index (χ0n) is 15.8. The van der Waals surface area contributed by atoms with Crippen molar-refractivity contribution in [3.05, 3.63) is 64.7 Å². The predicted octanol–water partition coefficient (Wildman–Crippen LogP) is 4.13. The maximum absolute atomic E-state index is 12.5. The molecule has 5 nitrogen and oxygen atoms in total. The Morgan fingerprint density at radius 1 is 1.00 bits per heavy atom. The Bertz CT molecular complexity index is 819. The van der Waals surface area contributed by atoms with Gasteiger partial charge in [-0.25, -0.2) is 0 Å². The molecule has 0 aliphatic heterocycles. The van der Waals surface area contributed by atoms with E-state index in [1.54, 1.807) is 24.3 Å². The van der Waals surface area contributed by atoms with Gasteiger partial charge in [-0.05, 0) is 42.7 Å². The second-order valence-corrected chi connectivity index (χ2v) is 7.54. The first-order valence-electron chi connectivity index (χ1n) is 9.77. The molecule has 0 heterocycles. The molecule has 0 unspecified atom stereocenters. The van der Waals surface area contributed by atoms with Gasteiger partial charge in [-0.1, -0.05) is 55.1 Å². The summed E-state index contributed by atoms with van der Waals surface area (Å²) in [4.78, 5) is 24.6. The van der Waals surface area contributed by atoms with Crippen LogP contribution in [0.25, 0.3) is 0 Å². The van der Waals surface area contributed by atoms with Gasteiger partial charge in [0.05, 0.1) is 6.54 Å². The number of benzene rings is 2. The number of hydrogen-bond acceptors (Lipinski definition) is 3. The summed E-state index contributed by atoms with van der Waals surface area (Å²) in [7, 11) is 0. The Kier molecular flexibility index (Phi) is 7.46. The molecule has 0 saturated heterocycles. The van der Waals surface area contributed by atoms with Crippen LogP contribution >= 0.6 is 11.6 Å². The van der Waals surface area contributed by atoms with Gasteiger partial charge >= 0.3 is 0 Å². The first-order valence-corrected chi connectivity index (χ1v) is 10.1. The fourth-order valence-electron chi connectivity index (χ4n) is 3.41. The van der Waals surface area contributed by atoms with Crippen LogP contribution in [0.15, 0.2) is 48.5 Å². The van der Waals surface area contributed by atoms with Crippen molar-refractivity contribution in [2.75, 3.05) is 11.9 Å². The van der Waals surface area contributed by atoms with Crippen molar-refractivity contribution in [1.82, 2.24) is 10.6 Å². The third-order valence-electron chi connectivity index (χ3n) is 4.91. The third-order valence-corrected chi connectivity index (χ3v) is 5.28. The van der Waals surface area contributed by atoms with E-state index in [1.807, 2.05) is 24.3 Å². The summed E-state index contributed by atoms with van der Waals surface area (Å²) < 4.78 is 0. The minimum absolute atomic E-state index is 0.0835. The summed E-state index contributed by atoms with van der Waals surface area (Å²) in [5, 5.41) is 9.68. The summed E-state index contributed by atoms with van der Waals surface area (Å²) in [5.41, 5.74) is 2.12. The van der Waals surface area contributed by atoms with Gasteiger partial charge in [0.2, 0.25) is 5.91 Å². The highest BCUT2D eigenvalue weighted by Gasteiger charge is 2.17. The number of amides is 2. The molecule has 2 aromatic rings. The summed E-state index contributed by atoms with van der Waals surface area (Å²) in [6.07, 6.45) is 5.67. The van der Waals surface area contributed by atoms with E-state index in [0.29, 0.717) is 22.8 Å².